The number of furan rings is 1. The van der Waals surface area contributed by atoms with E-state index in [1.165, 1.54) is 0 Å². The zero-order chi connectivity index (χ0) is 13.7. The minimum Gasteiger partial charge on any atom is -0.544 e. The highest BCUT2D eigenvalue weighted by atomic mass is 35.5. The highest BCUT2D eigenvalue weighted by Crippen LogP contribution is 2.08. The predicted octanol–water partition coefficient (Wildman–Crippen LogP) is 0.268. The van der Waals surface area contributed by atoms with Crippen molar-refractivity contribution >= 4 is 17.6 Å². The molecule has 0 fully saturated rings. The Morgan fingerprint density at radius 1 is 1.21 bits per heavy atom. The molecular formula is C14H14ClNO3. The maximum absolute atomic E-state index is 10.8. The number of hydrogen-bond acceptors (Lipinski definition) is 3. The second-order valence-electron chi connectivity index (χ2n) is 4.36. The summed E-state index contributed by atoms with van der Waals surface area (Å²) >= 11 is 5.82. The first-order valence-electron chi connectivity index (χ1n) is 5.94. The average Bonchev–Trinajstić information content (AvgIpc) is 2.84. The van der Waals surface area contributed by atoms with Gasteiger partial charge in [-0.25, -0.2) is 0 Å². The van der Waals surface area contributed by atoms with Gasteiger partial charge in [0.05, 0.1) is 12.2 Å². The van der Waals surface area contributed by atoms with E-state index in [0.717, 1.165) is 16.2 Å². The van der Waals surface area contributed by atoms with E-state index < -0.39 is 5.97 Å². The van der Waals surface area contributed by atoms with E-state index in [2.05, 4.69) is 0 Å². The Morgan fingerprint density at radius 3 is 2.53 bits per heavy atom. The number of halogens is 1. The minimum atomic E-state index is -1.07. The zero-order valence-electron chi connectivity index (χ0n) is 10.3. The van der Waals surface area contributed by atoms with Crippen LogP contribution in [0.15, 0.2) is 47.1 Å². The van der Waals surface area contributed by atoms with Crippen LogP contribution in [-0.4, -0.2) is 12.5 Å². The molecule has 0 aliphatic rings. The van der Waals surface area contributed by atoms with E-state index in [1.807, 2.05) is 18.2 Å². The first kappa shape index (κ1) is 13.6. The van der Waals surface area contributed by atoms with Gasteiger partial charge in [0.2, 0.25) is 0 Å². The molecule has 19 heavy (non-hydrogen) atoms. The molecule has 0 bridgehead atoms. The van der Waals surface area contributed by atoms with Gasteiger partial charge >= 0.3 is 0 Å². The highest BCUT2D eigenvalue weighted by Gasteiger charge is 2.12. The molecule has 5 heteroatoms. The topological polar surface area (TPSA) is 57.7 Å². The van der Waals surface area contributed by atoms with Crippen LogP contribution in [0.5, 0.6) is 0 Å². The Bertz CT molecular complexity index is 522. The number of benzene rings is 1. The smallest absolute Gasteiger partial charge is 0.157 e. The van der Waals surface area contributed by atoms with Gasteiger partial charge in [0, 0.05) is 10.6 Å². The third-order valence-corrected chi connectivity index (χ3v) is 3.02. The molecule has 1 heterocycles. The fourth-order valence-corrected chi connectivity index (χ4v) is 2.07. The van der Waals surface area contributed by atoms with Crippen LogP contribution >= 0.6 is 11.6 Å². The fourth-order valence-electron chi connectivity index (χ4n) is 1.94. The molecule has 0 radical (unpaired) electrons. The van der Waals surface area contributed by atoms with Gasteiger partial charge in [0.1, 0.15) is 19.6 Å². The monoisotopic (exact) mass is 279 g/mol. The largest absolute Gasteiger partial charge is 0.544 e. The van der Waals surface area contributed by atoms with Crippen LogP contribution in [0, 0.1) is 0 Å². The molecule has 0 amide bonds. The zero-order valence-corrected chi connectivity index (χ0v) is 11.0. The lowest BCUT2D eigenvalue weighted by Crippen LogP contribution is -3.10. The molecule has 1 unspecified atom stereocenters. The van der Waals surface area contributed by atoms with Crippen LogP contribution in [0.1, 0.15) is 11.3 Å². The normalized spacial score (nSPS) is 12.3. The Morgan fingerprint density at radius 2 is 1.95 bits per heavy atom. The van der Waals surface area contributed by atoms with Gasteiger partial charge in [-0.3, -0.25) is 0 Å². The van der Waals surface area contributed by atoms with Gasteiger partial charge in [-0.15, -0.1) is 0 Å². The maximum Gasteiger partial charge on any atom is 0.157 e. The Labute approximate surface area is 116 Å². The summed E-state index contributed by atoms with van der Waals surface area (Å²) in [4.78, 5) is 11.6. The second-order valence-corrected chi connectivity index (χ2v) is 4.79. The summed E-state index contributed by atoms with van der Waals surface area (Å²) in [5.74, 6) is -0.319. The van der Waals surface area contributed by atoms with Crippen molar-refractivity contribution in [3.63, 3.8) is 0 Å². The molecule has 1 aromatic carbocycles. The predicted molar refractivity (Wildman–Crippen MR) is 68.4 cm³/mol. The summed E-state index contributed by atoms with van der Waals surface area (Å²) in [6, 6.07) is 11.0. The van der Waals surface area contributed by atoms with E-state index in [9.17, 15) is 9.90 Å². The van der Waals surface area contributed by atoms with E-state index in [1.54, 1.807) is 24.5 Å². The van der Waals surface area contributed by atoms with Crippen molar-refractivity contribution in [1.29, 1.82) is 0 Å². The fraction of sp³-hybridized carbons (Fsp3) is 0.214. The summed E-state index contributed by atoms with van der Waals surface area (Å²) < 4.78 is 5.25. The van der Waals surface area contributed by atoms with Crippen LogP contribution in [0.4, 0.5) is 0 Å². The minimum absolute atomic E-state index is 0.0661. The van der Waals surface area contributed by atoms with Crippen LogP contribution in [-0.2, 0) is 17.9 Å². The van der Waals surface area contributed by atoms with Gasteiger partial charge in [-0.2, -0.15) is 0 Å². The Balaban J connectivity index is 2.04. The van der Waals surface area contributed by atoms with Crippen molar-refractivity contribution in [2.75, 3.05) is 6.54 Å². The van der Waals surface area contributed by atoms with E-state index in [-0.39, 0.29) is 6.54 Å². The molecule has 2 aromatic rings. The molecule has 0 aliphatic carbocycles. The molecule has 2 rings (SSSR count). The van der Waals surface area contributed by atoms with Crippen molar-refractivity contribution in [2.24, 2.45) is 0 Å². The number of carbonyl (C=O) groups is 1. The molecule has 1 N–H and O–H groups in total. The SMILES string of the molecule is O=C([O-])C[NH+](Cc1ccc(Cl)cc1)Cc1ccco1. The maximum atomic E-state index is 10.8. The molecule has 0 aliphatic heterocycles. The van der Waals surface area contributed by atoms with Gasteiger partial charge in [-0.1, -0.05) is 23.7 Å². The molecular weight excluding hydrogens is 266 g/mol. The number of carboxylic acid groups (broad SMARTS) is 1. The highest BCUT2D eigenvalue weighted by molar-refractivity contribution is 6.30. The third kappa shape index (κ3) is 4.43. The van der Waals surface area contributed by atoms with Crippen molar-refractivity contribution in [3.8, 4) is 0 Å². The molecule has 0 spiro atoms. The lowest BCUT2D eigenvalue weighted by Gasteiger charge is -2.19. The van der Waals surface area contributed by atoms with E-state index in [0.29, 0.717) is 18.1 Å². The van der Waals surface area contributed by atoms with Crippen LogP contribution in [0.2, 0.25) is 5.02 Å². The number of hydrogen-bond donors (Lipinski definition) is 1. The molecule has 100 valence electrons. The number of carboxylic acids is 1. The number of nitrogens with one attached hydrogen (secondary N) is 1. The molecule has 0 saturated heterocycles. The first-order chi connectivity index (χ1) is 9.13. The quantitative estimate of drug-likeness (QED) is 0.826. The first-order valence-corrected chi connectivity index (χ1v) is 6.31. The van der Waals surface area contributed by atoms with E-state index in [4.69, 9.17) is 16.0 Å². The summed E-state index contributed by atoms with van der Waals surface area (Å²) in [5, 5.41) is 11.5. The third-order valence-electron chi connectivity index (χ3n) is 2.77. The average molecular weight is 280 g/mol. The summed E-state index contributed by atoms with van der Waals surface area (Å²) in [7, 11) is 0. The summed E-state index contributed by atoms with van der Waals surface area (Å²) in [5.41, 5.74) is 1.02. The van der Waals surface area contributed by atoms with E-state index >= 15 is 0 Å². The lowest BCUT2D eigenvalue weighted by molar-refractivity contribution is -0.922. The van der Waals surface area contributed by atoms with Gasteiger partial charge in [0.25, 0.3) is 0 Å². The standard InChI is InChI=1S/C14H14ClNO3/c15-12-5-3-11(4-6-12)8-16(10-14(17)18)9-13-2-1-7-19-13/h1-7H,8-10H2,(H,17,18). The molecule has 1 atom stereocenters. The number of carbonyl (C=O) groups excluding carboxylic acids is 1. The second kappa shape index (κ2) is 6.41. The number of quaternary nitrogens is 1. The lowest BCUT2D eigenvalue weighted by atomic mass is 10.2. The van der Waals surface area contributed by atoms with Crippen molar-refractivity contribution in [3.05, 3.63) is 59.0 Å². The number of aliphatic carboxylic acids is 1. The van der Waals surface area contributed by atoms with Crippen LogP contribution < -0.4 is 10.0 Å². The van der Waals surface area contributed by atoms with Gasteiger partial charge in [-0.05, 0) is 24.3 Å². The van der Waals surface area contributed by atoms with Crippen molar-refractivity contribution in [1.82, 2.24) is 0 Å². The Kier molecular flexibility index (Phi) is 4.60. The van der Waals surface area contributed by atoms with Gasteiger partial charge < -0.3 is 19.2 Å². The molecule has 4 nitrogen and oxygen atoms in total. The summed E-state index contributed by atoms with van der Waals surface area (Å²) in [6.07, 6.45) is 1.58. The van der Waals surface area contributed by atoms with Crippen molar-refractivity contribution < 1.29 is 19.2 Å². The van der Waals surface area contributed by atoms with Gasteiger partial charge in [0.15, 0.2) is 5.76 Å². The summed E-state index contributed by atoms with van der Waals surface area (Å²) in [6.45, 7) is 1.01. The van der Waals surface area contributed by atoms with Crippen LogP contribution in [0.25, 0.3) is 0 Å². The van der Waals surface area contributed by atoms with Crippen LogP contribution in [0.3, 0.4) is 0 Å². The number of rotatable bonds is 6. The Hall–Kier alpha value is -1.78. The molecule has 1 aromatic heterocycles. The molecule has 0 saturated carbocycles. The van der Waals surface area contributed by atoms with Crippen molar-refractivity contribution in [2.45, 2.75) is 13.1 Å².